The van der Waals surface area contributed by atoms with E-state index in [2.05, 4.69) is 21.2 Å². The van der Waals surface area contributed by atoms with Gasteiger partial charge in [-0.25, -0.2) is 0 Å². The Morgan fingerprint density at radius 3 is 2.72 bits per heavy atom. The van der Waals surface area contributed by atoms with E-state index in [1.54, 1.807) is 0 Å². The van der Waals surface area contributed by atoms with Gasteiger partial charge in [-0.15, -0.1) is 5.10 Å². The van der Waals surface area contributed by atoms with E-state index in [4.69, 9.17) is 5.73 Å². The van der Waals surface area contributed by atoms with Crippen molar-refractivity contribution in [3.8, 4) is 0 Å². The second kappa shape index (κ2) is 5.22. The average molecular weight is 246 g/mol. The predicted octanol–water partition coefficient (Wildman–Crippen LogP) is 2.09. The fourth-order valence-electron chi connectivity index (χ4n) is 3.52. The van der Waals surface area contributed by atoms with Gasteiger partial charge in [-0.2, -0.15) is 5.10 Å². The Balaban J connectivity index is 1.80. The molecule has 1 aromatic heterocycles. The van der Waals surface area contributed by atoms with Crippen LogP contribution in [-0.2, 0) is 6.54 Å². The third-order valence-electron chi connectivity index (χ3n) is 4.45. The molecule has 4 heteroatoms. The number of hydrogen-bond acceptors (Lipinski definition) is 4. The summed E-state index contributed by atoms with van der Waals surface area (Å²) in [6.45, 7) is 1.61. The van der Waals surface area contributed by atoms with E-state index >= 15 is 0 Å². The van der Waals surface area contributed by atoms with Crippen LogP contribution >= 0.6 is 0 Å². The number of piperidine rings is 1. The molecule has 2 N–H and O–H groups in total. The standard InChI is InChI=1S/C14H22N4/c15-10-12-7-8-14(17-16-12)18-9-3-5-11-4-1-2-6-13(11)18/h7-8,11,13H,1-6,9-10,15H2. The lowest BCUT2D eigenvalue weighted by atomic mass is 9.78. The molecule has 2 unspecified atom stereocenters. The first kappa shape index (κ1) is 11.9. The molecular formula is C14H22N4. The van der Waals surface area contributed by atoms with E-state index in [-0.39, 0.29) is 0 Å². The van der Waals surface area contributed by atoms with Crippen molar-refractivity contribution in [1.82, 2.24) is 10.2 Å². The van der Waals surface area contributed by atoms with E-state index in [1.807, 2.05) is 6.07 Å². The quantitative estimate of drug-likeness (QED) is 0.868. The number of hydrogen-bond donors (Lipinski definition) is 1. The third kappa shape index (κ3) is 2.21. The molecule has 2 aliphatic rings. The molecule has 3 rings (SSSR count). The van der Waals surface area contributed by atoms with E-state index in [9.17, 15) is 0 Å². The van der Waals surface area contributed by atoms with Gasteiger partial charge in [0.05, 0.1) is 5.69 Å². The van der Waals surface area contributed by atoms with Crippen molar-refractivity contribution in [2.75, 3.05) is 11.4 Å². The summed E-state index contributed by atoms with van der Waals surface area (Å²) >= 11 is 0. The molecule has 2 fully saturated rings. The van der Waals surface area contributed by atoms with Crippen molar-refractivity contribution >= 4 is 5.82 Å². The molecule has 0 aromatic carbocycles. The van der Waals surface area contributed by atoms with Crippen molar-refractivity contribution in [2.45, 2.75) is 51.1 Å². The summed E-state index contributed by atoms with van der Waals surface area (Å²) in [7, 11) is 0. The van der Waals surface area contributed by atoms with Crippen molar-refractivity contribution in [3.05, 3.63) is 17.8 Å². The molecular weight excluding hydrogens is 224 g/mol. The molecule has 1 aliphatic heterocycles. The fraction of sp³-hybridized carbons (Fsp3) is 0.714. The summed E-state index contributed by atoms with van der Waals surface area (Å²) in [5.74, 6) is 1.92. The highest BCUT2D eigenvalue weighted by Crippen LogP contribution is 2.36. The van der Waals surface area contributed by atoms with E-state index < -0.39 is 0 Å². The average Bonchev–Trinajstić information content (AvgIpc) is 2.47. The van der Waals surface area contributed by atoms with Crippen LogP contribution in [0.15, 0.2) is 12.1 Å². The van der Waals surface area contributed by atoms with Gasteiger partial charge in [-0.1, -0.05) is 12.8 Å². The summed E-state index contributed by atoms with van der Waals surface area (Å²) in [4.78, 5) is 2.49. The Morgan fingerprint density at radius 2 is 1.94 bits per heavy atom. The number of rotatable bonds is 2. The van der Waals surface area contributed by atoms with Gasteiger partial charge in [0.25, 0.3) is 0 Å². The van der Waals surface area contributed by atoms with Gasteiger partial charge in [0.2, 0.25) is 0 Å². The molecule has 1 saturated heterocycles. The van der Waals surface area contributed by atoms with Crippen LogP contribution in [0.1, 0.15) is 44.2 Å². The first-order valence-corrected chi connectivity index (χ1v) is 7.18. The summed E-state index contributed by atoms with van der Waals surface area (Å²) in [5.41, 5.74) is 6.44. The second-order valence-corrected chi connectivity index (χ2v) is 5.53. The molecule has 1 aliphatic carbocycles. The first-order valence-electron chi connectivity index (χ1n) is 7.18. The Hall–Kier alpha value is -1.16. The fourth-order valence-corrected chi connectivity index (χ4v) is 3.52. The van der Waals surface area contributed by atoms with Gasteiger partial charge in [-0.05, 0) is 43.7 Å². The first-order chi connectivity index (χ1) is 8.88. The highest BCUT2D eigenvalue weighted by molar-refractivity contribution is 5.40. The van der Waals surface area contributed by atoms with Gasteiger partial charge in [0.15, 0.2) is 5.82 Å². The summed E-state index contributed by atoms with van der Waals surface area (Å²) in [6.07, 6.45) is 8.19. The smallest absolute Gasteiger partial charge is 0.151 e. The zero-order chi connectivity index (χ0) is 12.4. The number of nitrogens with zero attached hydrogens (tertiary/aromatic N) is 3. The SMILES string of the molecule is NCc1ccc(N2CCCC3CCCCC32)nn1. The predicted molar refractivity (Wildman–Crippen MR) is 72.2 cm³/mol. The van der Waals surface area contributed by atoms with Crippen LogP contribution in [0.2, 0.25) is 0 Å². The van der Waals surface area contributed by atoms with Gasteiger partial charge >= 0.3 is 0 Å². The minimum atomic E-state index is 0.472. The maximum Gasteiger partial charge on any atom is 0.151 e. The topological polar surface area (TPSA) is 55.0 Å². The molecule has 1 saturated carbocycles. The normalized spacial score (nSPS) is 27.9. The van der Waals surface area contributed by atoms with E-state index in [0.717, 1.165) is 24.0 Å². The number of aromatic nitrogens is 2. The zero-order valence-corrected chi connectivity index (χ0v) is 10.9. The summed E-state index contributed by atoms with van der Waals surface area (Å²) in [6, 6.07) is 4.80. The van der Waals surface area contributed by atoms with Crippen LogP contribution in [-0.4, -0.2) is 22.8 Å². The Morgan fingerprint density at radius 1 is 1.11 bits per heavy atom. The molecule has 0 amide bonds. The Labute approximate surface area is 109 Å². The summed E-state index contributed by atoms with van der Waals surface area (Å²) < 4.78 is 0. The molecule has 98 valence electrons. The highest BCUT2D eigenvalue weighted by Gasteiger charge is 2.33. The monoisotopic (exact) mass is 246 g/mol. The van der Waals surface area contributed by atoms with Crippen LogP contribution in [0.4, 0.5) is 5.82 Å². The van der Waals surface area contributed by atoms with Crippen molar-refractivity contribution in [3.63, 3.8) is 0 Å². The van der Waals surface area contributed by atoms with Gasteiger partial charge in [0, 0.05) is 19.1 Å². The van der Waals surface area contributed by atoms with Gasteiger partial charge in [0.1, 0.15) is 0 Å². The minimum Gasteiger partial charge on any atom is -0.352 e. The van der Waals surface area contributed by atoms with E-state index in [1.165, 1.54) is 38.5 Å². The molecule has 2 heterocycles. The molecule has 4 nitrogen and oxygen atoms in total. The van der Waals surface area contributed by atoms with Crippen LogP contribution in [0.5, 0.6) is 0 Å². The Kier molecular flexibility index (Phi) is 3.46. The van der Waals surface area contributed by atoms with Crippen molar-refractivity contribution in [2.24, 2.45) is 11.7 Å². The molecule has 0 radical (unpaired) electrons. The van der Waals surface area contributed by atoms with Crippen LogP contribution < -0.4 is 10.6 Å². The lowest BCUT2D eigenvalue weighted by Crippen LogP contribution is -2.47. The molecule has 0 bridgehead atoms. The highest BCUT2D eigenvalue weighted by atomic mass is 15.3. The van der Waals surface area contributed by atoms with Crippen molar-refractivity contribution < 1.29 is 0 Å². The zero-order valence-electron chi connectivity index (χ0n) is 10.9. The Bertz CT molecular complexity index is 387. The third-order valence-corrected chi connectivity index (χ3v) is 4.45. The lowest BCUT2D eigenvalue weighted by molar-refractivity contribution is 0.242. The number of fused-ring (bicyclic) bond motifs is 1. The van der Waals surface area contributed by atoms with Crippen LogP contribution in [0, 0.1) is 5.92 Å². The summed E-state index contributed by atoms with van der Waals surface area (Å²) in [5, 5.41) is 8.55. The van der Waals surface area contributed by atoms with Crippen LogP contribution in [0.25, 0.3) is 0 Å². The molecule has 2 atom stereocenters. The van der Waals surface area contributed by atoms with E-state index in [0.29, 0.717) is 12.6 Å². The molecule has 0 spiro atoms. The maximum atomic E-state index is 5.57. The van der Waals surface area contributed by atoms with Gasteiger partial charge < -0.3 is 10.6 Å². The number of nitrogens with two attached hydrogens (primary N) is 1. The molecule has 18 heavy (non-hydrogen) atoms. The van der Waals surface area contributed by atoms with Crippen molar-refractivity contribution in [1.29, 1.82) is 0 Å². The molecule has 1 aromatic rings. The lowest BCUT2D eigenvalue weighted by Gasteiger charge is -2.44. The largest absolute Gasteiger partial charge is 0.352 e. The van der Waals surface area contributed by atoms with Gasteiger partial charge in [-0.3, -0.25) is 0 Å². The second-order valence-electron chi connectivity index (χ2n) is 5.53. The number of anilines is 1. The van der Waals surface area contributed by atoms with Crippen LogP contribution in [0.3, 0.4) is 0 Å². The minimum absolute atomic E-state index is 0.472. The maximum absolute atomic E-state index is 5.57.